The highest BCUT2D eigenvalue weighted by molar-refractivity contribution is 9.10. The van der Waals surface area contributed by atoms with Gasteiger partial charge in [0.1, 0.15) is 11.6 Å². The van der Waals surface area contributed by atoms with E-state index in [0.29, 0.717) is 0 Å². The molecule has 6 heteroatoms. The van der Waals surface area contributed by atoms with Gasteiger partial charge in [-0.3, -0.25) is 11.3 Å². The Morgan fingerprint density at radius 3 is 2.63 bits per heavy atom. The molecule has 0 spiro atoms. The summed E-state index contributed by atoms with van der Waals surface area (Å²) < 4.78 is 33.2. The van der Waals surface area contributed by atoms with Crippen molar-refractivity contribution in [2.45, 2.75) is 38.3 Å². The van der Waals surface area contributed by atoms with Crippen molar-refractivity contribution in [3.8, 4) is 0 Å². The number of ether oxygens (including phenoxy) is 1. The van der Waals surface area contributed by atoms with Crippen LogP contribution in [0, 0.1) is 11.6 Å². The van der Waals surface area contributed by atoms with Gasteiger partial charge in [0.2, 0.25) is 0 Å². The van der Waals surface area contributed by atoms with Crippen LogP contribution in [0.1, 0.15) is 25.3 Å². The van der Waals surface area contributed by atoms with E-state index in [1.54, 1.807) is 7.11 Å². The minimum atomic E-state index is -0.591. The second-order valence-corrected chi connectivity index (χ2v) is 5.22. The Morgan fingerprint density at radius 1 is 1.42 bits per heavy atom. The Labute approximate surface area is 120 Å². The van der Waals surface area contributed by atoms with E-state index in [1.165, 1.54) is 12.1 Å². The lowest BCUT2D eigenvalue weighted by atomic mass is 9.98. The predicted molar refractivity (Wildman–Crippen MR) is 74.6 cm³/mol. The summed E-state index contributed by atoms with van der Waals surface area (Å²) >= 11 is 3.05. The smallest absolute Gasteiger partial charge is 0.143 e. The molecule has 0 aliphatic rings. The molecule has 1 aromatic carbocycles. The van der Waals surface area contributed by atoms with Crippen molar-refractivity contribution in [2.24, 2.45) is 5.84 Å². The highest BCUT2D eigenvalue weighted by Gasteiger charge is 2.23. The molecule has 0 amide bonds. The molecule has 0 aromatic heterocycles. The molecule has 1 aromatic rings. The van der Waals surface area contributed by atoms with Gasteiger partial charge in [0.25, 0.3) is 0 Å². The standard InChI is InChI=1S/C13H19BrF2N2O/c1-3-4-12(19-2)11(18-17)7-8-10(15)6-5-9(14)13(8)16/h5-6,11-12,18H,3-4,7,17H2,1-2H3. The van der Waals surface area contributed by atoms with Gasteiger partial charge >= 0.3 is 0 Å². The van der Waals surface area contributed by atoms with Crippen molar-refractivity contribution in [3.05, 3.63) is 33.8 Å². The number of benzene rings is 1. The SMILES string of the molecule is CCCC(OC)C(Cc1c(F)ccc(Br)c1F)NN. The summed E-state index contributed by atoms with van der Waals surface area (Å²) in [7, 11) is 1.57. The number of nitrogens with two attached hydrogens (primary N) is 1. The Kier molecular flexibility index (Phi) is 6.85. The van der Waals surface area contributed by atoms with Crippen molar-refractivity contribution >= 4 is 15.9 Å². The molecule has 0 radical (unpaired) electrons. The predicted octanol–water partition coefficient (Wildman–Crippen LogP) is 2.92. The molecule has 108 valence electrons. The van der Waals surface area contributed by atoms with Gasteiger partial charge in [0.15, 0.2) is 0 Å². The summed E-state index contributed by atoms with van der Waals surface area (Å²) in [5, 5.41) is 0. The van der Waals surface area contributed by atoms with Crippen LogP contribution in [-0.4, -0.2) is 19.3 Å². The first-order chi connectivity index (χ1) is 9.04. The normalized spacial score (nSPS) is 14.4. The van der Waals surface area contributed by atoms with E-state index >= 15 is 0 Å². The van der Waals surface area contributed by atoms with Gasteiger partial charge in [-0.05, 0) is 40.9 Å². The number of methoxy groups -OCH3 is 1. The highest BCUT2D eigenvalue weighted by atomic mass is 79.9. The van der Waals surface area contributed by atoms with Gasteiger partial charge in [-0.2, -0.15) is 0 Å². The number of hydrazine groups is 1. The summed E-state index contributed by atoms with van der Waals surface area (Å²) in [6, 6.07) is 2.24. The van der Waals surface area contributed by atoms with E-state index in [0.717, 1.165) is 12.8 Å². The molecule has 3 nitrogen and oxygen atoms in total. The molecule has 0 saturated carbocycles. The van der Waals surface area contributed by atoms with E-state index in [-0.39, 0.29) is 28.6 Å². The zero-order valence-corrected chi connectivity index (χ0v) is 12.6. The third-order valence-electron chi connectivity index (χ3n) is 3.10. The lowest BCUT2D eigenvalue weighted by Gasteiger charge is -2.25. The zero-order chi connectivity index (χ0) is 14.4. The second kappa shape index (κ2) is 7.89. The molecule has 0 fully saturated rings. The van der Waals surface area contributed by atoms with Gasteiger partial charge in [0, 0.05) is 12.7 Å². The van der Waals surface area contributed by atoms with E-state index < -0.39 is 11.6 Å². The molecular formula is C13H19BrF2N2O. The maximum Gasteiger partial charge on any atom is 0.143 e. The van der Waals surface area contributed by atoms with E-state index in [9.17, 15) is 8.78 Å². The summed E-state index contributed by atoms with van der Waals surface area (Å²) in [6.07, 6.45) is 1.61. The third kappa shape index (κ3) is 4.21. The van der Waals surface area contributed by atoms with Crippen LogP contribution in [-0.2, 0) is 11.2 Å². The quantitative estimate of drug-likeness (QED) is 0.457. The largest absolute Gasteiger partial charge is 0.380 e. The molecule has 3 N–H and O–H groups in total. The fourth-order valence-corrected chi connectivity index (χ4v) is 2.41. The Balaban J connectivity index is 2.95. The fraction of sp³-hybridized carbons (Fsp3) is 0.538. The molecule has 0 aliphatic heterocycles. The Morgan fingerprint density at radius 2 is 2.11 bits per heavy atom. The number of nitrogens with one attached hydrogen (secondary N) is 1. The lowest BCUT2D eigenvalue weighted by molar-refractivity contribution is 0.0604. The minimum absolute atomic E-state index is 0.00970. The third-order valence-corrected chi connectivity index (χ3v) is 3.71. The first-order valence-electron chi connectivity index (χ1n) is 6.16. The van der Waals surface area contributed by atoms with Crippen LogP contribution in [0.5, 0.6) is 0 Å². The van der Waals surface area contributed by atoms with E-state index in [2.05, 4.69) is 21.4 Å². The van der Waals surface area contributed by atoms with Crippen molar-refractivity contribution in [1.82, 2.24) is 5.43 Å². The first kappa shape index (κ1) is 16.5. The fourth-order valence-electron chi connectivity index (χ4n) is 2.04. The van der Waals surface area contributed by atoms with Crippen molar-refractivity contribution in [1.29, 1.82) is 0 Å². The average Bonchev–Trinajstić information content (AvgIpc) is 2.41. The molecule has 0 heterocycles. The summed E-state index contributed by atoms with van der Waals surface area (Å²) in [6.45, 7) is 2.01. The van der Waals surface area contributed by atoms with Gasteiger partial charge in [-0.15, -0.1) is 0 Å². The average molecular weight is 337 g/mol. The Hall–Kier alpha value is -0.560. The topological polar surface area (TPSA) is 47.3 Å². The van der Waals surface area contributed by atoms with Crippen LogP contribution in [0.2, 0.25) is 0 Å². The van der Waals surface area contributed by atoms with E-state index in [4.69, 9.17) is 10.6 Å². The molecule has 0 aliphatic carbocycles. The monoisotopic (exact) mass is 336 g/mol. The highest BCUT2D eigenvalue weighted by Crippen LogP contribution is 2.24. The van der Waals surface area contributed by atoms with Crippen LogP contribution >= 0.6 is 15.9 Å². The maximum absolute atomic E-state index is 13.9. The van der Waals surface area contributed by atoms with Crippen LogP contribution < -0.4 is 11.3 Å². The second-order valence-electron chi connectivity index (χ2n) is 4.36. The molecular weight excluding hydrogens is 318 g/mol. The molecule has 1 rings (SSSR count). The summed E-state index contributed by atoms with van der Waals surface area (Å²) in [5.41, 5.74) is 2.60. The molecule has 2 unspecified atom stereocenters. The molecule has 0 saturated heterocycles. The number of hydrogen-bond acceptors (Lipinski definition) is 3. The molecule has 2 atom stereocenters. The van der Waals surface area contributed by atoms with Crippen LogP contribution in [0.4, 0.5) is 8.78 Å². The van der Waals surface area contributed by atoms with Gasteiger partial charge in [0.05, 0.1) is 16.6 Å². The van der Waals surface area contributed by atoms with Crippen molar-refractivity contribution in [3.63, 3.8) is 0 Å². The number of halogens is 3. The minimum Gasteiger partial charge on any atom is -0.380 e. The van der Waals surface area contributed by atoms with Crippen LogP contribution in [0.15, 0.2) is 16.6 Å². The Bertz CT molecular complexity index is 418. The van der Waals surface area contributed by atoms with E-state index in [1.807, 2.05) is 6.92 Å². The zero-order valence-electron chi connectivity index (χ0n) is 11.1. The van der Waals surface area contributed by atoms with Gasteiger partial charge < -0.3 is 4.74 Å². The van der Waals surface area contributed by atoms with Crippen LogP contribution in [0.25, 0.3) is 0 Å². The molecule has 0 bridgehead atoms. The summed E-state index contributed by atoms with van der Waals surface area (Å²) in [5.74, 6) is 4.31. The molecule has 19 heavy (non-hydrogen) atoms. The summed E-state index contributed by atoms with van der Waals surface area (Å²) in [4.78, 5) is 0. The van der Waals surface area contributed by atoms with Gasteiger partial charge in [-0.25, -0.2) is 8.78 Å². The number of rotatable bonds is 7. The first-order valence-corrected chi connectivity index (χ1v) is 6.95. The van der Waals surface area contributed by atoms with Crippen LogP contribution in [0.3, 0.4) is 0 Å². The maximum atomic E-state index is 13.9. The lowest BCUT2D eigenvalue weighted by Crippen LogP contribution is -2.46. The van der Waals surface area contributed by atoms with Gasteiger partial charge in [-0.1, -0.05) is 13.3 Å². The number of hydrogen-bond donors (Lipinski definition) is 2. The van der Waals surface area contributed by atoms with Crippen molar-refractivity contribution < 1.29 is 13.5 Å². The van der Waals surface area contributed by atoms with Crippen molar-refractivity contribution in [2.75, 3.05) is 7.11 Å².